The van der Waals surface area contributed by atoms with Crippen molar-refractivity contribution in [1.82, 2.24) is 4.57 Å². The lowest BCUT2D eigenvalue weighted by molar-refractivity contribution is 0.101. The molecule has 0 saturated heterocycles. The Morgan fingerprint density at radius 1 is 1.04 bits per heavy atom. The first-order valence-corrected chi connectivity index (χ1v) is 9.47. The summed E-state index contributed by atoms with van der Waals surface area (Å²) in [5, 5.41) is 5.02. The van der Waals surface area contributed by atoms with Crippen LogP contribution in [0.5, 0.6) is 11.5 Å². The number of nitrogens with zero attached hydrogens (tertiary/aromatic N) is 1. The Hall–Kier alpha value is -3.25. The molecule has 1 N–H and O–H groups in total. The molecule has 0 atom stereocenters. The summed E-state index contributed by atoms with van der Waals surface area (Å²) in [6, 6.07) is 19.6. The molecule has 1 aliphatic heterocycles. The summed E-state index contributed by atoms with van der Waals surface area (Å²) < 4.78 is 13.9. The molecule has 5 rings (SSSR count). The molecule has 1 aliphatic rings. The molecule has 2 aromatic heterocycles. The highest BCUT2D eigenvalue weighted by Crippen LogP contribution is 2.34. The van der Waals surface area contributed by atoms with Gasteiger partial charge in [0, 0.05) is 18.3 Å². The van der Waals surface area contributed by atoms with Gasteiger partial charge < -0.3 is 19.4 Å². The molecule has 1 amide bonds. The number of anilines is 1. The van der Waals surface area contributed by atoms with Crippen molar-refractivity contribution in [2.45, 2.75) is 6.54 Å². The lowest BCUT2D eigenvalue weighted by atomic mass is 10.2. The zero-order valence-corrected chi connectivity index (χ0v) is 15.2. The van der Waals surface area contributed by atoms with Crippen molar-refractivity contribution >= 4 is 33.1 Å². The Morgan fingerprint density at radius 2 is 1.89 bits per heavy atom. The van der Waals surface area contributed by atoms with Crippen molar-refractivity contribution < 1.29 is 14.3 Å². The molecule has 0 spiro atoms. The molecule has 27 heavy (non-hydrogen) atoms. The maximum atomic E-state index is 13.0. The molecule has 6 heteroatoms. The van der Waals surface area contributed by atoms with Crippen LogP contribution in [-0.2, 0) is 6.54 Å². The van der Waals surface area contributed by atoms with Crippen molar-refractivity contribution in [2.75, 3.05) is 12.1 Å². The van der Waals surface area contributed by atoms with E-state index in [0.29, 0.717) is 29.4 Å². The molecule has 0 radical (unpaired) electrons. The summed E-state index contributed by atoms with van der Waals surface area (Å²) in [4.78, 5) is 13.0. The number of amides is 1. The number of carbonyl (C=O) groups is 1. The second-order valence-corrected chi connectivity index (χ2v) is 7.24. The molecule has 0 aliphatic carbocycles. The maximum absolute atomic E-state index is 13.0. The van der Waals surface area contributed by atoms with Gasteiger partial charge in [0.1, 0.15) is 5.69 Å². The molecule has 134 valence electrons. The minimum Gasteiger partial charge on any atom is -0.454 e. The topological polar surface area (TPSA) is 52.5 Å². The van der Waals surface area contributed by atoms with E-state index in [-0.39, 0.29) is 12.7 Å². The summed E-state index contributed by atoms with van der Waals surface area (Å²) in [6.45, 7) is 0.855. The van der Waals surface area contributed by atoms with Gasteiger partial charge in [0.25, 0.3) is 5.91 Å². The van der Waals surface area contributed by atoms with Gasteiger partial charge in [0.2, 0.25) is 6.79 Å². The summed E-state index contributed by atoms with van der Waals surface area (Å²) in [7, 11) is 0. The standard InChI is InChI=1S/C21H16N2O3S/c24-21(22-15-6-7-18-19(10-15)26-13-25-18)17-11-20-16(8-9-27-20)23(17)12-14-4-2-1-3-5-14/h1-11H,12-13H2,(H,22,24). The number of fused-ring (bicyclic) bond motifs is 2. The zero-order valence-electron chi connectivity index (χ0n) is 14.3. The third-order valence-electron chi connectivity index (χ3n) is 4.57. The number of hydrogen-bond acceptors (Lipinski definition) is 4. The molecule has 0 bridgehead atoms. The average Bonchev–Trinajstić information content (AvgIpc) is 3.39. The number of ether oxygens (including phenoxy) is 2. The zero-order chi connectivity index (χ0) is 18.2. The first-order chi connectivity index (χ1) is 13.3. The van der Waals surface area contributed by atoms with E-state index in [0.717, 1.165) is 15.8 Å². The predicted molar refractivity (Wildman–Crippen MR) is 106 cm³/mol. The van der Waals surface area contributed by atoms with Gasteiger partial charge in [0.15, 0.2) is 11.5 Å². The van der Waals surface area contributed by atoms with Crippen LogP contribution in [0, 0.1) is 0 Å². The van der Waals surface area contributed by atoms with Crippen molar-refractivity contribution in [1.29, 1.82) is 0 Å². The van der Waals surface area contributed by atoms with Crippen molar-refractivity contribution in [3.05, 3.63) is 77.3 Å². The largest absolute Gasteiger partial charge is 0.454 e. The molecule has 0 unspecified atom stereocenters. The highest BCUT2D eigenvalue weighted by Gasteiger charge is 2.19. The molecular formula is C21H16N2O3S. The number of thiophene rings is 1. The third-order valence-corrected chi connectivity index (χ3v) is 5.42. The van der Waals surface area contributed by atoms with Crippen LogP contribution in [0.3, 0.4) is 0 Å². The van der Waals surface area contributed by atoms with Gasteiger partial charge in [0.05, 0.1) is 10.2 Å². The van der Waals surface area contributed by atoms with Crippen molar-refractivity contribution in [3.63, 3.8) is 0 Å². The van der Waals surface area contributed by atoms with Crippen LogP contribution in [0.2, 0.25) is 0 Å². The third kappa shape index (κ3) is 2.94. The summed E-state index contributed by atoms with van der Waals surface area (Å²) >= 11 is 1.64. The highest BCUT2D eigenvalue weighted by atomic mass is 32.1. The number of rotatable bonds is 4. The maximum Gasteiger partial charge on any atom is 0.272 e. The van der Waals surface area contributed by atoms with E-state index in [4.69, 9.17) is 9.47 Å². The van der Waals surface area contributed by atoms with Gasteiger partial charge in [-0.2, -0.15) is 0 Å². The van der Waals surface area contributed by atoms with E-state index >= 15 is 0 Å². The molecule has 2 aromatic carbocycles. The van der Waals surface area contributed by atoms with Crippen molar-refractivity contribution in [3.8, 4) is 11.5 Å². The lowest BCUT2D eigenvalue weighted by Gasteiger charge is -2.11. The van der Waals surface area contributed by atoms with Crippen LogP contribution in [0.15, 0.2) is 66.0 Å². The number of carbonyl (C=O) groups excluding carboxylic acids is 1. The first kappa shape index (κ1) is 16.0. The number of aromatic nitrogens is 1. The fourth-order valence-corrected chi connectivity index (χ4v) is 4.09. The van der Waals surface area contributed by atoms with Crippen LogP contribution in [0.1, 0.15) is 16.1 Å². The molecular weight excluding hydrogens is 360 g/mol. The summed E-state index contributed by atoms with van der Waals surface area (Å²) in [6.07, 6.45) is 0. The smallest absolute Gasteiger partial charge is 0.272 e. The first-order valence-electron chi connectivity index (χ1n) is 8.59. The summed E-state index contributed by atoms with van der Waals surface area (Å²) in [5.41, 5.74) is 3.54. The van der Waals surface area contributed by atoms with Gasteiger partial charge in [-0.1, -0.05) is 30.3 Å². The van der Waals surface area contributed by atoms with E-state index in [1.807, 2.05) is 35.7 Å². The van der Waals surface area contributed by atoms with Crippen LogP contribution < -0.4 is 14.8 Å². The Balaban J connectivity index is 1.47. The minimum atomic E-state index is -0.145. The highest BCUT2D eigenvalue weighted by molar-refractivity contribution is 7.17. The molecule has 3 heterocycles. The monoisotopic (exact) mass is 376 g/mol. The van der Waals surface area contributed by atoms with Crippen LogP contribution in [-0.4, -0.2) is 17.3 Å². The Morgan fingerprint density at radius 3 is 2.78 bits per heavy atom. The van der Waals surface area contributed by atoms with Crippen LogP contribution in [0.25, 0.3) is 10.2 Å². The van der Waals surface area contributed by atoms with Gasteiger partial charge in [-0.15, -0.1) is 11.3 Å². The van der Waals surface area contributed by atoms with E-state index in [1.165, 1.54) is 0 Å². The predicted octanol–water partition coefficient (Wildman–Crippen LogP) is 4.73. The van der Waals surface area contributed by atoms with Gasteiger partial charge in [-0.25, -0.2) is 0 Å². The normalized spacial score (nSPS) is 12.4. The number of nitrogens with one attached hydrogen (secondary N) is 1. The van der Waals surface area contributed by atoms with E-state index in [9.17, 15) is 4.79 Å². The quantitative estimate of drug-likeness (QED) is 0.560. The summed E-state index contributed by atoms with van der Waals surface area (Å²) in [5.74, 6) is 1.20. The average molecular weight is 376 g/mol. The molecule has 5 nitrogen and oxygen atoms in total. The van der Waals surface area contributed by atoms with Crippen LogP contribution in [0.4, 0.5) is 5.69 Å². The second-order valence-electron chi connectivity index (χ2n) is 6.29. The Labute approximate surface area is 159 Å². The van der Waals surface area contributed by atoms with E-state index in [2.05, 4.69) is 28.1 Å². The van der Waals surface area contributed by atoms with Crippen LogP contribution >= 0.6 is 11.3 Å². The number of benzene rings is 2. The van der Waals surface area contributed by atoms with Gasteiger partial charge in [-0.3, -0.25) is 4.79 Å². The Kier molecular flexibility index (Phi) is 3.83. The fourth-order valence-electron chi connectivity index (χ4n) is 3.27. The van der Waals surface area contributed by atoms with Crippen molar-refractivity contribution in [2.24, 2.45) is 0 Å². The van der Waals surface area contributed by atoms with Gasteiger partial charge >= 0.3 is 0 Å². The second kappa shape index (κ2) is 6.48. The molecule has 0 fully saturated rings. The minimum absolute atomic E-state index is 0.145. The SMILES string of the molecule is O=C(Nc1ccc2c(c1)OCO2)c1cc2sccc2n1Cc1ccccc1. The fraction of sp³-hybridized carbons (Fsp3) is 0.0952. The van der Waals surface area contributed by atoms with Gasteiger partial charge in [-0.05, 0) is 35.2 Å². The van der Waals surface area contributed by atoms with E-state index in [1.54, 1.807) is 23.5 Å². The number of hydrogen-bond donors (Lipinski definition) is 1. The lowest BCUT2D eigenvalue weighted by Crippen LogP contribution is -2.17. The molecule has 0 saturated carbocycles. The Bertz CT molecular complexity index is 1130. The van der Waals surface area contributed by atoms with E-state index < -0.39 is 0 Å². The molecule has 4 aromatic rings.